The molecule has 2 fully saturated rings. The molecule has 0 saturated carbocycles. The van der Waals surface area contributed by atoms with Gasteiger partial charge in [0.25, 0.3) is 11.4 Å². The number of thioether (sulfide) groups is 1. The standard InChI is InChI=1S/C35H35N5O12S2/c1-4-50-33(43)25-17-53-31(36-25)26-13-24(14-37(26)35(45)52-16-21-7-11-23(12-8-21)40(48)49)54-30-18(2)28-27(19(3)41)32(42)38(28)29(30)34(44)51-15-20-5-9-22(10-6-20)39(46)47/h5-12,17-19,24,26-28,41H,4,13-16H2,1-3H3/t18-,19-,24+,26+,27?,28?/m1/s1. The van der Waals surface area contributed by atoms with E-state index in [9.17, 15) is 44.5 Å². The Hall–Kier alpha value is -5.40. The summed E-state index contributed by atoms with van der Waals surface area (Å²) in [5.41, 5.74) is 0.916. The number of aliphatic hydroxyl groups is 1. The number of esters is 2. The molecule has 3 aliphatic rings. The number of aromatic nitrogens is 1. The predicted molar refractivity (Wildman–Crippen MR) is 192 cm³/mol. The summed E-state index contributed by atoms with van der Waals surface area (Å²) in [6, 6.07) is 9.96. The molecule has 1 aromatic heterocycles. The lowest BCUT2D eigenvalue weighted by molar-refractivity contribution is -0.385. The molecule has 0 radical (unpaired) electrons. The van der Waals surface area contributed by atoms with Crippen molar-refractivity contribution in [2.75, 3.05) is 13.2 Å². The Morgan fingerprint density at radius 1 is 0.981 bits per heavy atom. The van der Waals surface area contributed by atoms with Gasteiger partial charge in [0.05, 0.1) is 40.6 Å². The van der Waals surface area contributed by atoms with Crippen LogP contribution in [-0.2, 0) is 37.0 Å². The van der Waals surface area contributed by atoms with Crippen LogP contribution in [0.1, 0.15) is 59.9 Å². The lowest BCUT2D eigenvalue weighted by Gasteiger charge is -2.46. The zero-order chi connectivity index (χ0) is 38.8. The van der Waals surface area contributed by atoms with Gasteiger partial charge in [-0.2, -0.15) is 0 Å². The Morgan fingerprint density at radius 3 is 2.13 bits per heavy atom. The molecule has 54 heavy (non-hydrogen) atoms. The lowest BCUT2D eigenvalue weighted by atomic mass is 9.79. The van der Waals surface area contributed by atoms with E-state index in [0.717, 1.165) is 0 Å². The highest BCUT2D eigenvalue weighted by Gasteiger charge is 2.60. The monoisotopic (exact) mass is 781 g/mol. The summed E-state index contributed by atoms with van der Waals surface area (Å²) in [4.78, 5) is 82.1. The second-order valence-electron chi connectivity index (χ2n) is 12.9. The minimum absolute atomic E-state index is 0.0379. The summed E-state index contributed by atoms with van der Waals surface area (Å²) < 4.78 is 16.4. The van der Waals surface area contributed by atoms with E-state index in [-0.39, 0.29) is 60.3 Å². The normalized spacial score (nSPS) is 22.4. The SMILES string of the molecule is CCOC(=O)c1csc([C@@H]2C[C@H](SC3=C(C(=O)OCc4ccc([N+](=O)[O-])cc4)N4C(=O)C([C@@H](C)O)C4[C@H]3C)CN2C(=O)OCc2ccc([N+](=O)[O-])cc2)n1. The van der Waals surface area contributed by atoms with Gasteiger partial charge in [0.15, 0.2) is 5.69 Å². The number of aliphatic hydroxyl groups excluding tert-OH is 1. The van der Waals surface area contributed by atoms with Crippen molar-refractivity contribution in [3.63, 3.8) is 0 Å². The van der Waals surface area contributed by atoms with Crippen molar-refractivity contribution in [2.45, 2.75) is 63.8 Å². The Morgan fingerprint density at radius 2 is 1.57 bits per heavy atom. The molecule has 0 spiro atoms. The van der Waals surface area contributed by atoms with Crippen LogP contribution in [0.15, 0.2) is 64.5 Å². The van der Waals surface area contributed by atoms with Crippen LogP contribution >= 0.6 is 23.1 Å². The molecule has 2 amide bonds. The summed E-state index contributed by atoms with van der Waals surface area (Å²) in [6.07, 6.45) is -1.34. The summed E-state index contributed by atoms with van der Waals surface area (Å²) in [6.45, 7) is 4.94. The molecular formula is C35H35N5O12S2. The summed E-state index contributed by atoms with van der Waals surface area (Å²) in [5.74, 6) is -2.94. The number of carbonyl (C=O) groups is 4. The molecule has 0 aliphatic carbocycles. The predicted octanol–water partition coefficient (Wildman–Crippen LogP) is 5.13. The van der Waals surface area contributed by atoms with Crippen LogP contribution in [0.5, 0.6) is 0 Å². The molecule has 6 rings (SSSR count). The number of ether oxygens (including phenoxy) is 3. The molecule has 3 aromatic rings. The fraction of sp³-hybridized carbons (Fsp3) is 0.400. The van der Waals surface area contributed by atoms with Gasteiger partial charge in [-0.15, -0.1) is 23.1 Å². The molecule has 3 aliphatic heterocycles. The van der Waals surface area contributed by atoms with Crippen LogP contribution in [0.2, 0.25) is 0 Å². The Bertz CT molecular complexity index is 2000. The first kappa shape index (κ1) is 38.3. The van der Waals surface area contributed by atoms with Crippen LogP contribution in [0.3, 0.4) is 0 Å². The third-order valence-electron chi connectivity index (χ3n) is 9.41. The number of hydrogen-bond donors (Lipinski definition) is 1. The minimum Gasteiger partial charge on any atom is -0.461 e. The Kier molecular flexibility index (Phi) is 11.3. The first-order valence-electron chi connectivity index (χ1n) is 16.9. The minimum atomic E-state index is -0.974. The van der Waals surface area contributed by atoms with Crippen LogP contribution in [0, 0.1) is 32.1 Å². The molecule has 2 unspecified atom stereocenters. The first-order valence-corrected chi connectivity index (χ1v) is 18.7. The quantitative estimate of drug-likeness (QED) is 0.0781. The molecule has 6 atom stereocenters. The zero-order valence-electron chi connectivity index (χ0n) is 29.2. The maximum absolute atomic E-state index is 13.8. The fourth-order valence-corrected chi connectivity index (χ4v) is 9.21. The number of benzene rings is 2. The van der Waals surface area contributed by atoms with E-state index in [0.29, 0.717) is 27.5 Å². The molecule has 1 N–H and O–H groups in total. The molecule has 4 heterocycles. The van der Waals surface area contributed by atoms with E-state index < -0.39 is 57.9 Å². The molecule has 2 aromatic carbocycles. The lowest BCUT2D eigenvalue weighted by Crippen LogP contribution is -2.63. The van der Waals surface area contributed by atoms with Gasteiger partial charge in [-0.3, -0.25) is 29.9 Å². The number of thiazole rings is 1. The van der Waals surface area contributed by atoms with Crippen LogP contribution in [0.4, 0.5) is 16.2 Å². The third kappa shape index (κ3) is 7.64. The maximum Gasteiger partial charge on any atom is 0.410 e. The highest BCUT2D eigenvalue weighted by atomic mass is 32.2. The highest BCUT2D eigenvalue weighted by Crippen LogP contribution is 2.53. The number of β-lactam (4-membered cyclic amide) rings is 1. The maximum atomic E-state index is 13.8. The van der Waals surface area contributed by atoms with Crippen molar-refractivity contribution < 1.29 is 48.3 Å². The number of likely N-dealkylation sites (tertiary alicyclic amines) is 1. The van der Waals surface area contributed by atoms with Gasteiger partial charge < -0.3 is 24.2 Å². The van der Waals surface area contributed by atoms with Gasteiger partial charge in [-0.25, -0.2) is 19.4 Å². The van der Waals surface area contributed by atoms with E-state index in [4.69, 9.17) is 14.2 Å². The van der Waals surface area contributed by atoms with Crippen molar-refractivity contribution in [3.8, 4) is 0 Å². The average molecular weight is 782 g/mol. The summed E-state index contributed by atoms with van der Waals surface area (Å²) >= 11 is 2.48. The summed E-state index contributed by atoms with van der Waals surface area (Å²) in [7, 11) is 0. The average Bonchev–Trinajstić information content (AvgIpc) is 3.86. The highest BCUT2D eigenvalue weighted by molar-refractivity contribution is 8.03. The second kappa shape index (κ2) is 15.9. The smallest absolute Gasteiger partial charge is 0.410 e. The van der Waals surface area contributed by atoms with Gasteiger partial charge in [-0.05, 0) is 55.7 Å². The third-order valence-corrected chi connectivity index (χ3v) is 11.9. The molecule has 284 valence electrons. The van der Waals surface area contributed by atoms with E-state index in [2.05, 4.69) is 4.98 Å². The van der Waals surface area contributed by atoms with Crippen molar-refractivity contribution in [1.29, 1.82) is 0 Å². The first-order chi connectivity index (χ1) is 25.8. The number of hydrogen-bond acceptors (Lipinski definition) is 15. The van der Waals surface area contributed by atoms with Crippen molar-refractivity contribution in [3.05, 3.63) is 107 Å². The van der Waals surface area contributed by atoms with Gasteiger partial charge >= 0.3 is 18.0 Å². The number of carbonyl (C=O) groups excluding carboxylic acids is 4. The molecule has 17 nitrogen and oxygen atoms in total. The molecule has 19 heteroatoms. The fourth-order valence-electron chi connectivity index (χ4n) is 6.78. The van der Waals surface area contributed by atoms with E-state index in [1.54, 1.807) is 12.3 Å². The van der Waals surface area contributed by atoms with E-state index >= 15 is 0 Å². The topological polar surface area (TPSA) is 222 Å². The van der Waals surface area contributed by atoms with Crippen LogP contribution in [0.25, 0.3) is 0 Å². The van der Waals surface area contributed by atoms with Crippen molar-refractivity contribution >= 4 is 58.4 Å². The number of fused-ring (bicyclic) bond motifs is 1. The number of non-ortho nitro benzene ring substituents is 2. The Labute approximate surface area is 316 Å². The number of rotatable bonds is 13. The van der Waals surface area contributed by atoms with E-state index in [1.807, 2.05) is 6.92 Å². The van der Waals surface area contributed by atoms with Gasteiger partial charge in [0.2, 0.25) is 5.91 Å². The van der Waals surface area contributed by atoms with Crippen LogP contribution in [-0.4, -0.2) is 84.2 Å². The zero-order valence-corrected chi connectivity index (χ0v) is 30.8. The van der Waals surface area contributed by atoms with Gasteiger partial charge in [-0.1, -0.05) is 6.92 Å². The Balaban J connectivity index is 1.25. The van der Waals surface area contributed by atoms with Crippen LogP contribution < -0.4 is 0 Å². The number of nitro groups is 2. The van der Waals surface area contributed by atoms with E-state index in [1.165, 1.54) is 88.4 Å². The molecular weight excluding hydrogens is 747 g/mol. The summed E-state index contributed by atoms with van der Waals surface area (Å²) in [5, 5.41) is 34.2. The second-order valence-corrected chi connectivity index (χ2v) is 15.1. The largest absolute Gasteiger partial charge is 0.461 e. The van der Waals surface area contributed by atoms with Crippen molar-refractivity contribution in [2.24, 2.45) is 11.8 Å². The molecule has 0 bridgehead atoms. The number of amides is 2. The van der Waals surface area contributed by atoms with Gasteiger partial charge in [0.1, 0.15) is 23.9 Å². The van der Waals surface area contributed by atoms with Gasteiger partial charge in [0, 0.05) is 52.3 Å². The number of nitro benzene ring substituents is 2. The number of nitrogens with zero attached hydrogens (tertiary/aromatic N) is 5. The van der Waals surface area contributed by atoms with Crippen molar-refractivity contribution in [1.82, 2.24) is 14.8 Å². The molecule has 2 saturated heterocycles.